The first-order valence-electron chi connectivity index (χ1n) is 6.65. The number of aliphatic hydroxyl groups excluding tert-OH is 1. The Labute approximate surface area is 122 Å². The molecule has 5 nitrogen and oxygen atoms in total. The summed E-state index contributed by atoms with van der Waals surface area (Å²) >= 11 is 0. The van der Waals surface area contributed by atoms with Crippen LogP contribution in [-0.4, -0.2) is 23.7 Å². The summed E-state index contributed by atoms with van der Waals surface area (Å²) in [5.41, 5.74) is 1.44. The Morgan fingerprint density at radius 3 is 2.57 bits per heavy atom. The lowest BCUT2D eigenvalue weighted by molar-refractivity contribution is -0.125. The Morgan fingerprint density at radius 1 is 1.14 bits per heavy atom. The number of ether oxygens (including phenoxy) is 2. The molecule has 0 bridgehead atoms. The summed E-state index contributed by atoms with van der Waals surface area (Å²) < 4.78 is 11.1. The number of anilines is 1. The summed E-state index contributed by atoms with van der Waals surface area (Å²) in [6, 6.07) is 14.2. The molecule has 1 aliphatic rings. The molecular formula is C16H15NO4. The molecule has 0 spiro atoms. The van der Waals surface area contributed by atoms with Crippen LogP contribution >= 0.6 is 0 Å². The van der Waals surface area contributed by atoms with Gasteiger partial charge in [0.15, 0.2) is 11.5 Å². The molecular weight excluding hydrogens is 270 g/mol. The normalized spacial score (nSPS) is 16.3. The van der Waals surface area contributed by atoms with Crippen molar-refractivity contribution in [3.63, 3.8) is 0 Å². The molecule has 1 unspecified atom stereocenters. The largest absolute Gasteiger partial charge is 0.485 e. The highest BCUT2D eigenvalue weighted by atomic mass is 16.6. The summed E-state index contributed by atoms with van der Waals surface area (Å²) in [5, 5.41) is 11.8. The van der Waals surface area contributed by atoms with E-state index in [0.717, 1.165) is 5.56 Å². The van der Waals surface area contributed by atoms with Crippen molar-refractivity contribution in [1.82, 2.24) is 0 Å². The SMILES string of the molecule is O=C(Nc1ccc(CO)cc1)C1COc2ccccc2O1. The minimum Gasteiger partial charge on any atom is -0.485 e. The van der Waals surface area contributed by atoms with Crippen LogP contribution in [0.3, 0.4) is 0 Å². The average Bonchev–Trinajstić information content (AvgIpc) is 2.55. The summed E-state index contributed by atoms with van der Waals surface area (Å²) in [5.74, 6) is 0.953. The molecule has 2 N–H and O–H groups in total. The summed E-state index contributed by atoms with van der Waals surface area (Å²) in [7, 11) is 0. The third-order valence-electron chi connectivity index (χ3n) is 3.21. The van der Waals surface area contributed by atoms with Crippen molar-refractivity contribution in [2.75, 3.05) is 11.9 Å². The number of fused-ring (bicyclic) bond motifs is 1. The average molecular weight is 285 g/mol. The van der Waals surface area contributed by atoms with Gasteiger partial charge < -0.3 is 19.9 Å². The summed E-state index contributed by atoms with van der Waals surface area (Å²) in [4.78, 5) is 12.2. The zero-order chi connectivity index (χ0) is 14.7. The van der Waals surface area contributed by atoms with Gasteiger partial charge in [-0.1, -0.05) is 24.3 Å². The highest BCUT2D eigenvalue weighted by Crippen LogP contribution is 2.31. The molecule has 0 aliphatic carbocycles. The number of aliphatic hydroxyl groups is 1. The molecule has 21 heavy (non-hydrogen) atoms. The van der Waals surface area contributed by atoms with E-state index in [1.165, 1.54) is 0 Å². The number of carbonyl (C=O) groups is 1. The molecule has 0 saturated heterocycles. The van der Waals surface area contributed by atoms with E-state index in [1.54, 1.807) is 36.4 Å². The van der Waals surface area contributed by atoms with E-state index in [0.29, 0.717) is 17.2 Å². The van der Waals surface area contributed by atoms with Gasteiger partial charge in [0.1, 0.15) is 6.61 Å². The molecule has 3 rings (SSSR count). The first-order chi connectivity index (χ1) is 10.3. The fraction of sp³-hybridized carbons (Fsp3) is 0.188. The lowest BCUT2D eigenvalue weighted by Gasteiger charge is -2.25. The van der Waals surface area contributed by atoms with Crippen LogP contribution in [0, 0.1) is 0 Å². The Bertz CT molecular complexity index is 639. The van der Waals surface area contributed by atoms with E-state index in [9.17, 15) is 4.79 Å². The standard InChI is InChI=1S/C16H15NO4/c18-9-11-5-7-12(8-6-11)17-16(19)15-10-20-13-3-1-2-4-14(13)21-15/h1-8,15,18H,9-10H2,(H,17,19). The van der Waals surface area contributed by atoms with Gasteiger partial charge in [0.2, 0.25) is 6.10 Å². The molecule has 0 aromatic heterocycles. The maximum Gasteiger partial charge on any atom is 0.269 e. The van der Waals surface area contributed by atoms with Crippen molar-refractivity contribution >= 4 is 11.6 Å². The van der Waals surface area contributed by atoms with Crippen LogP contribution in [0.1, 0.15) is 5.56 Å². The Hall–Kier alpha value is -2.53. The lowest BCUT2D eigenvalue weighted by atomic mass is 10.2. The number of para-hydroxylation sites is 2. The Kier molecular flexibility index (Phi) is 3.75. The summed E-state index contributed by atoms with van der Waals surface area (Å²) in [6.07, 6.45) is -0.683. The number of benzene rings is 2. The van der Waals surface area contributed by atoms with Gasteiger partial charge in [-0.3, -0.25) is 4.79 Å². The number of hydrogen-bond donors (Lipinski definition) is 2. The van der Waals surface area contributed by atoms with E-state index >= 15 is 0 Å². The van der Waals surface area contributed by atoms with Gasteiger partial charge >= 0.3 is 0 Å². The van der Waals surface area contributed by atoms with Crippen LogP contribution in [0.15, 0.2) is 48.5 Å². The van der Waals surface area contributed by atoms with E-state index in [2.05, 4.69) is 5.32 Å². The van der Waals surface area contributed by atoms with Gasteiger partial charge in [-0.15, -0.1) is 0 Å². The second-order valence-electron chi connectivity index (χ2n) is 4.71. The number of hydrogen-bond acceptors (Lipinski definition) is 4. The van der Waals surface area contributed by atoms with Crippen LogP contribution in [-0.2, 0) is 11.4 Å². The fourth-order valence-corrected chi connectivity index (χ4v) is 2.06. The molecule has 1 heterocycles. The quantitative estimate of drug-likeness (QED) is 0.904. The van der Waals surface area contributed by atoms with Crippen LogP contribution in [0.25, 0.3) is 0 Å². The van der Waals surface area contributed by atoms with Crippen molar-refractivity contribution < 1.29 is 19.4 Å². The maximum absolute atomic E-state index is 12.2. The van der Waals surface area contributed by atoms with Crippen LogP contribution in [0.2, 0.25) is 0 Å². The van der Waals surface area contributed by atoms with E-state index in [1.807, 2.05) is 12.1 Å². The van der Waals surface area contributed by atoms with Gasteiger partial charge in [-0.25, -0.2) is 0 Å². The van der Waals surface area contributed by atoms with Gasteiger partial charge in [-0.05, 0) is 29.8 Å². The van der Waals surface area contributed by atoms with Crippen molar-refractivity contribution in [1.29, 1.82) is 0 Å². The Balaban J connectivity index is 1.66. The Morgan fingerprint density at radius 2 is 1.86 bits per heavy atom. The number of amides is 1. The highest BCUT2D eigenvalue weighted by Gasteiger charge is 2.27. The molecule has 1 amide bonds. The smallest absolute Gasteiger partial charge is 0.269 e. The number of carbonyl (C=O) groups excluding carboxylic acids is 1. The van der Waals surface area contributed by atoms with E-state index < -0.39 is 6.10 Å². The van der Waals surface area contributed by atoms with E-state index in [-0.39, 0.29) is 19.1 Å². The van der Waals surface area contributed by atoms with Gasteiger partial charge in [0.05, 0.1) is 6.61 Å². The number of nitrogens with one attached hydrogen (secondary N) is 1. The lowest BCUT2D eigenvalue weighted by Crippen LogP contribution is -2.40. The van der Waals surface area contributed by atoms with Gasteiger partial charge in [0, 0.05) is 5.69 Å². The first-order valence-corrected chi connectivity index (χ1v) is 6.65. The second kappa shape index (κ2) is 5.85. The van der Waals surface area contributed by atoms with Crippen molar-refractivity contribution in [3.05, 3.63) is 54.1 Å². The topological polar surface area (TPSA) is 67.8 Å². The molecule has 2 aromatic rings. The minimum atomic E-state index is -0.683. The predicted molar refractivity (Wildman–Crippen MR) is 77.3 cm³/mol. The molecule has 1 atom stereocenters. The van der Waals surface area contributed by atoms with Crippen LogP contribution in [0.5, 0.6) is 11.5 Å². The highest BCUT2D eigenvalue weighted by molar-refractivity contribution is 5.94. The first kappa shape index (κ1) is 13.5. The second-order valence-corrected chi connectivity index (χ2v) is 4.71. The van der Waals surface area contributed by atoms with Crippen molar-refractivity contribution in [2.24, 2.45) is 0 Å². The van der Waals surface area contributed by atoms with E-state index in [4.69, 9.17) is 14.6 Å². The zero-order valence-corrected chi connectivity index (χ0v) is 11.3. The molecule has 1 aliphatic heterocycles. The summed E-state index contributed by atoms with van der Waals surface area (Å²) in [6.45, 7) is 0.155. The van der Waals surface area contributed by atoms with Gasteiger partial charge in [-0.2, -0.15) is 0 Å². The minimum absolute atomic E-state index is 0.0232. The maximum atomic E-state index is 12.2. The molecule has 108 valence electrons. The third-order valence-corrected chi connectivity index (χ3v) is 3.21. The molecule has 0 radical (unpaired) electrons. The van der Waals surface area contributed by atoms with Crippen LogP contribution < -0.4 is 14.8 Å². The third kappa shape index (κ3) is 2.98. The molecule has 5 heteroatoms. The van der Waals surface area contributed by atoms with Crippen molar-refractivity contribution in [2.45, 2.75) is 12.7 Å². The van der Waals surface area contributed by atoms with Crippen molar-refractivity contribution in [3.8, 4) is 11.5 Å². The monoisotopic (exact) mass is 285 g/mol. The van der Waals surface area contributed by atoms with Crippen LogP contribution in [0.4, 0.5) is 5.69 Å². The fourth-order valence-electron chi connectivity index (χ4n) is 2.06. The molecule has 0 fully saturated rings. The predicted octanol–water partition coefficient (Wildman–Crippen LogP) is 1.96. The van der Waals surface area contributed by atoms with Gasteiger partial charge in [0.25, 0.3) is 5.91 Å². The molecule has 2 aromatic carbocycles. The zero-order valence-electron chi connectivity index (χ0n) is 11.3. The number of rotatable bonds is 3. The molecule has 0 saturated carbocycles.